The maximum absolute atomic E-state index is 14.4. The van der Waals surface area contributed by atoms with Crippen molar-refractivity contribution in [1.82, 2.24) is 19.8 Å². The molecule has 0 unspecified atom stereocenters. The number of likely N-dealkylation sites (tertiary alicyclic amines) is 1. The number of hydrazone groups is 1. The molecule has 32 heavy (non-hydrogen) atoms. The van der Waals surface area contributed by atoms with Gasteiger partial charge in [-0.2, -0.15) is 5.10 Å². The number of halogens is 1. The molecule has 0 aliphatic carbocycles. The normalized spacial score (nSPS) is 18.8. The third-order valence-corrected chi connectivity index (χ3v) is 6.89. The summed E-state index contributed by atoms with van der Waals surface area (Å²) in [5, 5.41) is 9.71. The molecule has 11 heteroatoms. The van der Waals surface area contributed by atoms with Gasteiger partial charge in [-0.25, -0.2) is 18.5 Å². The maximum atomic E-state index is 14.4. The van der Waals surface area contributed by atoms with Crippen LogP contribution in [-0.2, 0) is 13.0 Å². The summed E-state index contributed by atoms with van der Waals surface area (Å²) in [7, 11) is 0. The fourth-order valence-corrected chi connectivity index (χ4v) is 5.12. The Kier molecular flexibility index (Phi) is 7.03. The molecule has 0 saturated carbocycles. The first-order valence-electron chi connectivity index (χ1n) is 10.8. The summed E-state index contributed by atoms with van der Waals surface area (Å²) < 4.78 is 21.7. The molecule has 4 N–H and O–H groups in total. The van der Waals surface area contributed by atoms with Crippen LogP contribution in [-0.4, -0.2) is 53.8 Å². The molecule has 1 fully saturated rings. The number of hydrogen-bond acceptors (Lipinski definition) is 7. The molecule has 3 aliphatic heterocycles. The van der Waals surface area contributed by atoms with Gasteiger partial charge in [0.2, 0.25) is 5.96 Å². The van der Waals surface area contributed by atoms with Crippen LogP contribution in [0, 0.1) is 11.7 Å². The third-order valence-electron chi connectivity index (χ3n) is 5.77. The number of amides is 2. The number of rotatable bonds is 5. The molecule has 3 heterocycles. The summed E-state index contributed by atoms with van der Waals surface area (Å²) >= 11 is 1.49. The molecule has 0 aromatic heterocycles. The quantitative estimate of drug-likeness (QED) is 0.204. The lowest BCUT2D eigenvalue weighted by Crippen LogP contribution is -2.45. The van der Waals surface area contributed by atoms with Crippen LogP contribution < -0.4 is 21.2 Å². The summed E-state index contributed by atoms with van der Waals surface area (Å²) in [5.41, 5.74) is 1.49. The van der Waals surface area contributed by atoms with Crippen molar-refractivity contribution < 1.29 is 13.9 Å². The Hall–Kier alpha value is -2.95. The number of guanidine groups is 1. The highest BCUT2D eigenvalue weighted by molar-refractivity contribution is 8.01. The second kappa shape index (κ2) is 10.1. The van der Waals surface area contributed by atoms with Gasteiger partial charge in [0.1, 0.15) is 17.9 Å². The molecule has 172 valence electrons. The molecule has 1 aromatic rings. The number of ether oxygens (including phenoxy) is 1. The number of nitrogens with zero attached hydrogens (tertiary/aromatic N) is 4. The first-order valence-corrected chi connectivity index (χ1v) is 11.6. The molecule has 4 rings (SSSR count). The fourth-order valence-electron chi connectivity index (χ4n) is 4.11. The van der Waals surface area contributed by atoms with E-state index in [1.165, 1.54) is 24.4 Å². The largest absolute Gasteiger partial charge is 0.493 e. The van der Waals surface area contributed by atoms with E-state index >= 15 is 0 Å². The van der Waals surface area contributed by atoms with Gasteiger partial charge in [-0.05, 0) is 49.8 Å². The second-order valence-electron chi connectivity index (χ2n) is 7.72. The van der Waals surface area contributed by atoms with Crippen LogP contribution in [0.2, 0.25) is 0 Å². The summed E-state index contributed by atoms with van der Waals surface area (Å²) in [6, 6.07) is 3.10. The van der Waals surface area contributed by atoms with Crippen LogP contribution in [0.25, 0.3) is 0 Å². The smallest absolute Gasteiger partial charge is 0.317 e. The molecule has 3 aliphatic rings. The number of carbonyl (C=O) groups is 1. The number of carbonyl (C=O) groups excluding carboxylic acids is 1. The number of hydrogen-bond donors (Lipinski definition) is 3. The van der Waals surface area contributed by atoms with Gasteiger partial charge in [0.15, 0.2) is 0 Å². The van der Waals surface area contributed by atoms with Gasteiger partial charge in [-0.15, -0.1) is 0 Å². The molecular weight excluding hydrogens is 433 g/mol. The minimum Gasteiger partial charge on any atom is -0.493 e. The summed E-state index contributed by atoms with van der Waals surface area (Å²) in [4.78, 5) is 19.5. The van der Waals surface area contributed by atoms with Gasteiger partial charge in [0, 0.05) is 54.8 Å². The van der Waals surface area contributed by atoms with E-state index in [0.717, 1.165) is 29.1 Å². The highest BCUT2D eigenvalue weighted by Gasteiger charge is 2.29. The molecule has 0 bridgehead atoms. The van der Waals surface area contributed by atoms with Crippen molar-refractivity contribution in [2.75, 3.05) is 26.2 Å². The molecule has 0 atom stereocenters. The van der Waals surface area contributed by atoms with Gasteiger partial charge < -0.3 is 26.1 Å². The third kappa shape index (κ3) is 4.77. The zero-order valence-electron chi connectivity index (χ0n) is 18.0. The Morgan fingerprint density at radius 3 is 3.00 bits per heavy atom. The maximum Gasteiger partial charge on any atom is 0.317 e. The van der Waals surface area contributed by atoms with Gasteiger partial charge in [-0.1, -0.05) is 0 Å². The Bertz CT molecular complexity index is 944. The van der Waals surface area contributed by atoms with Crippen molar-refractivity contribution in [1.29, 1.82) is 0 Å². The first kappa shape index (κ1) is 22.3. The van der Waals surface area contributed by atoms with E-state index in [0.29, 0.717) is 50.1 Å². The lowest BCUT2D eigenvalue weighted by Gasteiger charge is -2.34. The Balaban J connectivity index is 1.42. The van der Waals surface area contributed by atoms with E-state index in [4.69, 9.17) is 10.6 Å². The molecule has 2 amide bonds. The Morgan fingerprint density at radius 1 is 1.44 bits per heavy atom. The number of piperidine rings is 1. The summed E-state index contributed by atoms with van der Waals surface area (Å²) in [6.07, 6.45) is 5.75. The fraction of sp³-hybridized carbons (Fsp3) is 0.476. The SMILES string of the molecule is CCNC(=O)N1CCC(C2=CN=C(NCc3c(F)ccc4c3CCO4)N(/C=N\N)S2)CC1. The van der Waals surface area contributed by atoms with E-state index in [-0.39, 0.29) is 18.4 Å². The molecular formula is C21H28FN7O2S. The molecule has 1 saturated heterocycles. The van der Waals surface area contributed by atoms with E-state index in [9.17, 15) is 9.18 Å². The molecule has 1 aromatic carbocycles. The highest BCUT2D eigenvalue weighted by Crippen LogP contribution is 2.36. The monoisotopic (exact) mass is 461 g/mol. The average Bonchev–Trinajstić information content (AvgIpc) is 3.28. The number of allylic oxidation sites excluding steroid dienone is 1. The van der Waals surface area contributed by atoms with Crippen LogP contribution in [0.15, 0.2) is 33.3 Å². The number of nitrogens with one attached hydrogen (secondary N) is 2. The van der Waals surface area contributed by atoms with Crippen LogP contribution in [0.5, 0.6) is 5.75 Å². The number of benzene rings is 1. The lowest BCUT2D eigenvalue weighted by molar-refractivity contribution is 0.178. The van der Waals surface area contributed by atoms with E-state index in [1.54, 1.807) is 10.4 Å². The standard InChI is InChI=1S/C21H28FN7O2S/c1-2-24-21(30)28-8-5-14(6-9-28)19-12-26-20(29(32-19)13-27-23)25-11-16-15-7-10-31-18(15)4-3-17(16)22/h3-4,12-14H,2,5-11,23H2,1H3,(H,24,30)(H,25,26)/b27-13-. The van der Waals surface area contributed by atoms with E-state index in [1.807, 2.05) is 18.0 Å². The summed E-state index contributed by atoms with van der Waals surface area (Å²) in [5.74, 6) is 6.73. The Labute approximate surface area is 191 Å². The predicted octanol–water partition coefficient (Wildman–Crippen LogP) is 2.35. The van der Waals surface area contributed by atoms with Crippen molar-refractivity contribution in [2.24, 2.45) is 21.9 Å². The number of urea groups is 1. The minimum atomic E-state index is -0.264. The van der Waals surface area contributed by atoms with Crippen molar-refractivity contribution in [3.05, 3.63) is 40.2 Å². The van der Waals surface area contributed by atoms with E-state index < -0.39 is 0 Å². The van der Waals surface area contributed by atoms with Gasteiger partial charge in [0.25, 0.3) is 0 Å². The molecule has 0 spiro atoms. The number of fused-ring (bicyclic) bond motifs is 1. The van der Waals surface area contributed by atoms with Gasteiger partial charge in [-0.3, -0.25) is 0 Å². The summed E-state index contributed by atoms with van der Waals surface area (Å²) in [6.45, 7) is 4.79. The Morgan fingerprint density at radius 2 is 2.25 bits per heavy atom. The highest BCUT2D eigenvalue weighted by atomic mass is 32.2. The van der Waals surface area contributed by atoms with Crippen molar-refractivity contribution in [3.63, 3.8) is 0 Å². The van der Waals surface area contributed by atoms with Crippen LogP contribution in [0.3, 0.4) is 0 Å². The minimum absolute atomic E-state index is 0.0114. The van der Waals surface area contributed by atoms with Gasteiger partial charge in [0.05, 0.1) is 6.61 Å². The van der Waals surface area contributed by atoms with Crippen molar-refractivity contribution in [2.45, 2.75) is 32.7 Å². The lowest BCUT2D eigenvalue weighted by atomic mass is 9.97. The zero-order valence-corrected chi connectivity index (χ0v) is 18.8. The van der Waals surface area contributed by atoms with Crippen molar-refractivity contribution >= 4 is 30.3 Å². The van der Waals surface area contributed by atoms with Crippen molar-refractivity contribution in [3.8, 4) is 5.75 Å². The van der Waals surface area contributed by atoms with Gasteiger partial charge >= 0.3 is 6.03 Å². The molecule has 0 radical (unpaired) electrons. The van der Waals surface area contributed by atoms with Crippen LogP contribution in [0.1, 0.15) is 30.9 Å². The average molecular weight is 462 g/mol. The van der Waals surface area contributed by atoms with E-state index in [2.05, 4.69) is 20.7 Å². The van der Waals surface area contributed by atoms with Crippen LogP contribution >= 0.6 is 11.9 Å². The van der Waals surface area contributed by atoms with Crippen LogP contribution in [0.4, 0.5) is 9.18 Å². The topological polar surface area (TPSA) is 108 Å². The zero-order chi connectivity index (χ0) is 22.5. The predicted molar refractivity (Wildman–Crippen MR) is 123 cm³/mol. The number of aliphatic imine (C=N–C) groups is 1. The first-order chi connectivity index (χ1) is 15.6. The number of nitrogens with two attached hydrogens (primary N) is 1. The molecule has 9 nitrogen and oxygen atoms in total. The second-order valence-corrected chi connectivity index (χ2v) is 8.76.